The first kappa shape index (κ1) is 21.8. The number of carbonyl (C=O) groups is 2. The number of aromatic nitrogens is 3. The Kier molecular flexibility index (Phi) is 6.15. The maximum Gasteiger partial charge on any atom is 0.405 e. The highest BCUT2D eigenvalue weighted by molar-refractivity contribution is 6.30. The summed E-state index contributed by atoms with van der Waals surface area (Å²) in [5.74, 6) is 0.348. The summed E-state index contributed by atoms with van der Waals surface area (Å²) < 4.78 is 0. The number of hydrogen-bond acceptors (Lipinski definition) is 6. The van der Waals surface area contributed by atoms with Gasteiger partial charge in [0.25, 0.3) is 0 Å². The highest BCUT2D eigenvalue weighted by atomic mass is 35.5. The number of carboxylic acid groups (broad SMARTS) is 1. The van der Waals surface area contributed by atoms with Crippen molar-refractivity contribution in [2.45, 2.75) is 24.4 Å². The van der Waals surface area contributed by atoms with Crippen LogP contribution in [0.2, 0.25) is 5.02 Å². The predicted molar refractivity (Wildman–Crippen MR) is 121 cm³/mol. The molecule has 10 nitrogen and oxygen atoms in total. The highest BCUT2D eigenvalue weighted by Crippen LogP contribution is 2.30. The van der Waals surface area contributed by atoms with Gasteiger partial charge >= 0.3 is 6.09 Å². The Hall–Kier alpha value is -3.37. The Bertz CT molecular complexity index is 1110. The van der Waals surface area contributed by atoms with E-state index < -0.39 is 23.6 Å². The lowest BCUT2D eigenvalue weighted by Gasteiger charge is -2.41. The van der Waals surface area contributed by atoms with Gasteiger partial charge in [-0.3, -0.25) is 4.79 Å². The van der Waals surface area contributed by atoms with Crippen molar-refractivity contribution in [1.82, 2.24) is 25.6 Å². The Labute approximate surface area is 189 Å². The summed E-state index contributed by atoms with van der Waals surface area (Å²) in [5, 5.41) is 16.3. The largest absolute Gasteiger partial charge is 0.465 e. The Morgan fingerprint density at radius 1 is 1.22 bits per heavy atom. The smallest absolute Gasteiger partial charge is 0.405 e. The van der Waals surface area contributed by atoms with Gasteiger partial charge in [-0.15, -0.1) is 0 Å². The molecule has 3 heterocycles. The van der Waals surface area contributed by atoms with Crippen LogP contribution in [0.1, 0.15) is 24.4 Å². The first-order valence-corrected chi connectivity index (χ1v) is 10.6. The number of hydrogen-bond donors (Lipinski definition) is 5. The van der Waals surface area contributed by atoms with E-state index in [1.54, 1.807) is 30.5 Å². The molecule has 0 aliphatic carbocycles. The average Bonchev–Trinajstić information content (AvgIpc) is 3.27. The zero-order valence-electron chi connectivity index (χ0n) is 17.2. The molecule has 0 spiro atoms. The number of H-pyrrole nitrogens is 1. The molecule has 2 aromatic heterocycles. The fourth-order valence-electron chi connectivity index (χ4n) is 4.09. The fraction of sp³-hybridized carbons (Fsp3) is 0.333. The van der Waals surface area contributed by atoms with E-state index in [2.05, 4.69) is 25.6 Å². The molecule has 32 heavy (non-hydrogen) atoms. The molecule has 1 fully saturated rings. The normalized spacial score (nSPS) is 16.5. The van der Waals surface area contributed by atoms with Crippen LogP contribution in [0.3, 0.4) is 0 Å². The monoisotopic (exact) mass is 457 g/mol. The van der Waals surface area contributed by atoms with Gasteiger partial charge in [0.05, 0.1) is 11.4 Å². The summed E-state index contributed by atoms with van der Waals surface area (Å²) in [7, 11) is 0. The number of nitrogens with two attached hydrogens (primary N) is 1. The van der Waals surface area contributed by atoms with Crippen molar-refractivity contribution >= 4 is 40.5 Å². The van der Waals surface area contributed by atoms with E-state index in [1.807, 2.05) is 11.0 Å². The van der Waals surface area contributed by atoms with Crippen molar-refractivity contribution in [1.29, 1.82) is 0 Å². The first-order chi connectivity index (χ1) is 15.4. The Balaban J connectivity index is 1.52. The van der Waals surface area contributed by atoms with Crippen molar-refractivity contribution in [3.05, 3.63) is 53.4 Å². The zero-order chi connectivity index (χ0) is 22.7. The fourth-order valence-corrected chi connectivity index (χ4v) is 4.22. The van der Waals surface area contributed by atoms with Crippen LogP contribution in [-0.2, 0) is 4.79 Å². The number of nitrogens with zero attached hydrogens (tertiary/aromatic N) is 3. The van der Waals surface area contributed by atoms with Crippen LogP contribution in [0, 0.1) is 0 Å². The SMILES string of the molecule is NCC(NC(=O)C1(NC(=O)O)CCN(c2ncnc3[nH]ccc23)CC1)c1ccc(Cl)cc1. The number of benzene rings is 1. The number of anilines is 1. The van der Waals surface area contributed by atoms with Gasteiger partial charge in [-0.25, -0.2) is 14.8 Å². The number of amides is 2. The van der Waals surface area contributed by atoms with Crippen LogP contribution >= 0.6 is 11.6 Å². The third-order valence-electron chi connectivity index (χ3n) is 5.84. The van der Waals surface area contributed by atoms with Gasteiger partial charge in [0, 0.05) is 30.9 Å². The van der Waals surface area contributed by atoms with E-state index in [-0.39, 0.29) is 19.4 Å². The lowest BCUT2D eigenvalue weighted by molar-refractivity contribution is -0.129. The van der Waals surface area contributed by atoms with Crippen LogP contribution in [0.5, 0.6) is 0 Å². The van der Waals surface area contributed by atoms with Crippen LogP contribution in [0.15, 0.2) is 42.9 Å². The highest BCUT2D eigenvalue weighted by Gasteiger charge is 2.44. The summed E-state index contributed by atoms with van der Waals surface area (Å²) in [5.41, 5.74) is 6.14. The van der Waals surface area contributed by atoms with E-state index >= 15 is 0 Å². The van der Waals surface area contributed by atoms with Gasteiger partial charge in [0.2, 0.25) is 5.91 Å². The molecule has 1 aliphatic rings. The molecular weight excluding hydrogens is 434 g/mol. The topological polar surface area (TPSA) is 149 Å². The molecule has 0 radical (unpaired) electrons. The quantitative estimate of drug-likeness (QED) is 0.380. The second-order valence-electron chi connectivity index (χ2n) is 7.75. The molecule has 1 aliphatic heterocycles. The van der Waals surface area contributed by atoms with Gasteiger partial charge in [0.1, 0.15) is 23.3 Å². The van der Waals surface area contributed by atoms with Crippen LogP contribution in [-0.4, -0.2) is 57.2 Å². The minimum atomic E-state index is -1.27. The van der Waals surface area contributed by atoms with Gasteiger partial charge in [-0.05, 0) is 36.6 Å². The summed E-state index contributed by atoms with van der Waals surface area (Å²) in [6.45, 7) is 1.05. The number of nitrogens with one attached hydrogen (secondary N) is 3. The van der Waals surface area contributed by atoms with Crippen LogP contribution in [0.4, 0.5) is 10.6 Å². The molecule has 1 atom stereocenters. The van der Waals surface area contributed by atoms with Gasteiger partial charge < -0.3 is 31.4 Å². The molecule has 1 aromatic carbocycles. The summed E-state index contributed by atoms with van der Waals surface area (Å²) in [4.78, 5) is 38.6. The Morgan fingerprint density at radius 3 is 2.59 bits per heavy atom. The standard InChI is InChI=1S/C21H24ClN7O3/c22-14-3-1-13(2-4-14)16(11-23)27-19(30)21(28-20(31)32)6-9-29(10-7-21)18-15-5-8-24-17(15)25-12-26-18/h1-5,8,12,16,28H,6-7,9-11,23H2,(H,27,30)(H,31,32)(H,24,25,26). The van der Waals surface area contributed by atoms with Crippen molar-refractivity contribution in [2.24, 2.45) is 5.73 Å². The molecule has 11 heteroatoms. The minimum absolute atomic E-state index is 0.162. The number of halogens is 1. The molecule has 168 valence electrons. The number of rotatable bonds is 6. The second-order valence-corrected chi connectivity index (χ2v) is 8.19. The number of fused-ring (bicyclic) bond motifs is 1. The number of aromatic amines is 1. The van der Waals surface area contributed by atoms with Gasteiger partial charge in [-0.2, -0.15) is 0 Å². The molecule has 2 amide bonds. The van der Waals surface area contributed by atoms with Gasteiger partial charge in [0.15, 0.2) is 0 Å². The first-order valence-electron chi connectivity index (χ1n) is 10.2. The molecule has 0 saturated carbocycles. The van der Waals surface area contributed by atoms with E-state index in [0.717, 1.165) is 22.4 Å². The Morgan fingerprint density at radius 2 is 1.94 bits per heavy atom. The summed E-state index contributed by atoms with van der Waals surface area (Å²) in [6.07, 6.45) is 2.58. The van der Waals surface area contributed by atoms with Crippen LogP contribution in [0.25, 0.3) is 11.0 Å². The van der Waals surface area contributed by atoms with Crippen molar-refractivity contribution in [3.8, 4) is 0 Å². The summed E-state index contributed by atoms with van der Waals surface area (Å²) in [6, 6.07) is 8.45. The lowest BCUT2D eigenvalue weighted by atomic mass is 9.85. The lowest BCUT2D eigenvalue weighted by Crippen LogP contribution is -2.63. The predicted octanol–water partition coefficient (Wildman–Crippen LogP) is 2.03. The third-order valence-corrected chi connectivity index (χ3v) is 6.10. The van der Waals surface area contributed by atoms with Crippen LogP contribution < -0.4 is 21.3 Å². The molecule has 0 bridgehead atoms. The minimum Gasteiger partial charge on any atom is -0.465 e. The van der Waals surface area contributed by atoms with E-state index in [0.29, 0.717) is 18.1 Å². The number of carbonyl (C=O) groups excluding carboxylic acids is 1. The summed E-state index contributed by atoms with van der Waals surface area (Å²) >= 11 is 5.95. The van der Waals surface area contributed by atoms with Crippen molar-refractivity contribution < 1.29 is 14.7 Å². The molecule has 6 N–H and O–H groups in total. The van der Waals surface area contributed by atoms with Gasteiger partial charge in [-0.1, -0.05) is 23.7 Å². The van der Waals surface area contributed by atoms with E-state index in [1.165, 1.54) is 6.33 Å². The second kappa shape index (κ2) is 9.01. The maximum atomic E-state index is 13.3. The third kappa shape index (κ3) is 4.32. The van der Waals surface area contributed by atoms with Crippen molar-refractivity contribution in [2.75, 3.05) is 24.5 Å². The van der Waals surface area contributed by atoms with E-state index in [4.69, 9.17) is 17.3 Å². The zero-order valence-corrected chi connectivity index (χ0v) is 18.0. The molecule has 3 aromatic rings. The molecule has 1 saturated heterocycles. The average molecular weight is 458 g/mol. The maximum absolute atomic E-state index is 13.3. The number of piperidine rings is 1. The molecular formula is C21H24ClN7O3. The molecule has 4 rings (SSSR count). The van der Waals surface area contributed by atoms with Crippen molar-refractivity contribution in [3.63, 3.8) is 0 Å². The molecule has 1 unspecified atom stereocenters. The van der Waals surface area contributed by atoms with E-state index in [9.17, 15) is 14.7 Å².